The zero-order valence-corrected chi connectivity index (χ0v) is 14.5. The Hall–Kier alpha value is -1.50. The summed E-state index contributed by atoms with van der Waals surface area (Å²) in [5, 5.41) is 7.33. The second-order valence-corrected chi connectivity index (χ2v) is 7.94. The molecule has 2 fully saturated rings. The Balaban J connectivity index is 1.37. The van der Waals surface area contributed by atoms with Crippen LogP contribution in [0.5, 0.6) is 0 Å². The predicted octanol–water partition coefficient (Wildman–Crippen LogP) is 2.42. The highest BCUT2D eigenvalue weighted by Gasteiger charge is 2.48. The molecular weight excluding hydrogens is 326 g/mol. The minimum absolute atomic E-state index is 0.219. The highest BCUT2D eigenvalue weighted by molar-refractivity contribution is 5.79. The maximum absolute atomic E-state index is 13.0. The Bertz CT molecular complexity index is 618. The molecule has 0 spiro atoms. The molecule has 7 heteroatoms. The van der Waals surface area contributed by atoms with Gasteiger partial charge in [-0.15, -0.1) is 0 Å². The van der Waals surface area contributed by atoms with Gasteiger partial charge in [-0.1, -0.05) is 12.8 Å². The third kappa shape index (κ3) is 3.71. The highest BCUT2D eigenvalue weighted by atomic mass is 19.3. The van der Waals surface area contributed by atoms with Crippen molar-refractivity contribution in [3.8, 4) is 0 Å². The van der Waals surface area contributed by atoms with Crippen LogP contribution in [0, 0.1) is 11.8 Å². The molecule has 1 aromatic heterocycles. The van der Waals surface area contributed by atoms with E-state index >= 15 is 0 Å². The lowest BCUT2D eigenvalue weighted by Gasteiger charge is -2.34. The lowest BCUT2D eigenvalue weighted by Crippen LogP contribution is -2.47. The smallest absolute Gasteiger partial charge is 0.249 e. The highest BCUT2D eigenvalue weighted by Crippen LogP contribution is 2.42. The van der Waals surface area contributed by atoms with E-state index in [-0.39, 0.29) is 24.7 Å². The van der Waals surface area contributed by atoms with Gasteiger partial charge < -0.3 is 5.32 Å². The number of hydrogen-bond acceptors (Lipinski definition) is 3. The van der Waals surface area contributed by atoms with E-state index in [1.165, 1.54) is 31.4 Å². The van der Waals surface area contributed by atoms with Crippen LogP contribution in [0.4, 0.5) is 8.78 Å². The van der Waals surface area contributed by atoms with Gasteiger partial charge in [0.1, 0.15) is 0 Å². The number of hydrogen-bond donors (Lipinski definition) is 1. The molecule has 0 bridgehead atoms. The lowest BCUT2D eigenvalue weighted by atomic mass is 9.80. The van der Waals surface area contributed by atoms with Crippen LogP contribution in [0.25, 0.3) is 0 Å². The molecule has 0 aromatic carbocycles. The maximum atomic E-state index is 13.0. The second kappa shape index (κ2) is 6.67. The van der Waals surface area contributed by atoms with E-state index in [0.717, 1.165) is 19.6 Å². The fourth-order valence-corrected chi connectivity index (χ4v) is 4.48. The summed E-state index contributed by atoms with van der Waals surface area (Å²) in [6, 6.07) is 2.68. The number of aromatic nitrogens is 2. The van der Waals surface area contributed by atoms with Gasteiger partial charge in [0.05, 0.1) is 5.69 Å². The lowest BCUT2D eigenvalue weighted by molar-refractivity contribution is -0.150. The average molecular weight is 352 g/mol. The fraction of sp³-hybridized carbons (Fsp3) is 0.778. The topological polar surface area (TPSA) is 50.2 Å². The van der Waals surface area contributed by atoms with Crippen molar-refractivity contribution in [1.29, 1.82) is 0 Å². The minimum Gasteiger partial charge on any atom is -0.355 e. The van der Waals surface area contributed by atoms with Gasteiger partial charge >= 0.3 is 0 Å². The number of carbonyl (C=O) groups excluding carboxylic acids is 1. The number of nitrogens with one attached hydrogen (secondary N) is 1. The molecule has 138 valence electrons. The van der Waals surface area contributed by atoms with Crippen LogP contribution < -0.4 is 5.32 Å². The van der Waals surface area contributed by atoms with E-state index in [1.807, 2.05) is 10.9 Å². The first-order valence-electron chi connectivity index (χ1n) is 9.40. The summed E-state index contributed by atoms with van der Waals surface area (Å²) in [6.45, 7) is 3.13. The molecular formula is C18H26F2N4O. The number of rotatable bonds is 4. The molecule has 1 amide bonds. The molecule has 2 aliphatic carbocycles. The molecule has 1 N–H and O–H groups in total. The molecule has 0 radical (unpaired) electrons. The Morgan fingerprint density at radius 1 is 1.28 bits per heavy atom. The first kappa shape index (κ1) is 16.9. The number of nitrogens with zero attached hydrogens (tertiary/aromatic N) is 3. The third-order valence-corrected chi connectivity index (χ3v) is 5.96. The van der Waals surface area contributed by atoms with Crippen molar-refractivity contribution in [2.45, 2.75) is 63.6 Å². The maximum Gasteiger partial charge on any atom is 0.249 e. The van der Waals surface area contributed by atoms with E-state index in [9.17, 15) is 13.6 Å². The van der Waals surface area contributed by atoms with Crippen LogP contribution in [-0.4, -0.2) is 45.6 Å². The van der Waals surface area contributed by atoms with Crippen LogP contribution in [0.2, 0.25) is 0 Å². The number of amides is 1. The summed E-state index contributed by atoms with van der Waals surface area (Å²) in [7, 11) is 0. The van der Waals surface area contributed by atoms with E-state index in [0.29, 0.717) is 12.6 Å². The molecule has 0 saturated heterocycles. The number of fused-ring (bicyclic) bond motifs is 1. The van der Waals surface area contributed by atoms with E-state index in [2.05, 4.69) is 21.4 Å². The molecule has 1 atom stereocenters. The molecule has 25 heavy (non-hydrogen) atoms. The molecule has 2 heterocycles. The molecule has 4 rings (SSSR count). The first-order valence-corrected chi connectivity index (χ1v) is 9.40. The zero-order chi connectivity index (χ0) is 17.4. The largest absolute Gasteiger partial charge is 0.355 e. The van der Waals surface area contributed by atoms with Crippen molar-refractivity contribution >= 4 is 5.91 Å². The normalized spacial score (nSPS) is 27.5. The summed E-state index contributed by atoms with van der Waals surface area (Å²) in [5.41, 5.74) is 1.22. The van der Waals surface area contributed by atoms with Gasteiger partial charge in [0.25, 0.3) is 0 Å². The molecule has 1 aromatic rings. The summed E-state index contributed by atoms with van der Waals surface area (Å²) in [5.74, 6) is -3.13. The van der Waals surface area contributed by atoms with Crippen LogP contribution in [0.1, 0.15) is 44.2 Å². The summed E-state index contributed by atoms with van der Waals surface area (Å²) >= 11 is 0. The molecule has 5 nitrogen and oxygen atoms in total. The van der Waals surface area contributed by atoms with Crippen LogP contribution >= 0.6 is 0 Å². The molecule has 3 aliphatic rings. The Kier molecular flexibility index (Phi) is 4.52. The molecule has 2 saturated carbocycles. The molecule has 0 unspecified atom stereocenters. The average Bonchev–Trinajstić information content (AvgIpc) is 3.19. The standard InChI is InChI=1S/C18H26F2N4O/c19-18(20)7-14(8-18)17(25)21-9-13-10-23(15-3-1-2-4-15)12-16-5-6-22-24(16)11-13/h5-6,13-15H,1-4,7-12H2,(H,21,25)/t13-/m0/s1. The predicted molar refractivity (Wildman–Crippen MR) is 89.1 cm³/mol. The van der Waals surface area contributed by atoms with E-state index in [1.54, 1.807) is 0 Å². The Morgan fingerprint density at radius 2 is 2.04 bits per heavy atom. The number of alkyl halides is 2. The quantitative estimate of drug-likeness (QED) is 0.905. The minimum atomic E-state index is -2.65. The van der Waals surface area contributed by atoms with Crippen LogP contribution in [0.15, 0.2) is 12.3 Å². The van der Waals surface area contributed by atoms with Gasteiger partial charge in [-0.3, -0.25) is 14.4 Å². The summed E-state index contributed by atoms with van der Waals surface area (Å²) in [4.78, 5) is 14.6. The number of halogens is 2. The van der Waals surface area contributed by atoms with Crippen molar-refractivity contribution in [3.63, 3.8) is 0 Å². The van der Waals surface area contributed by atoms with E-state index < -0.39 is 11.8 Å². The SMILES string of the molecule is O=C(NC[C@H]1CN(C2CCCC2)Cc2ccnn2C1)C1CC(F)(F)C1. The second-order valence-electron chi connectivity index (χ2n) is 7.94. The van der Waals surface area contributed by atoms with Crippen molar-refractivity contribution in [2.24, 2.45) is 11.8 Å². The van der Waals surface area contributed by atoms with Crippen molar-refractivity contribution in [1.82, 2.24) is 20.0 Å². The van der Waals surface area contributed by atoms with Gasteiger partial charge in [-0.25, -0.2) is 8.78 Å². The van der Waals surface area contributed by atoms with Gasteiger partial charge in [0, 0.05) is 63.1 Å². The van der Waals surface area contributed by atoms with Crippen LogP contribution in [0.3, 0.4) is 0 Å². The zero-order valence-electron chi connectivity index (χ0n) is 14.5. The molecule has 1 aliphatic heterocycles. The van der Waals surface area contributed by atoms with Gasteiger partial charge in [0.2, 0.25) is 11.8 Å². The Morgan fingerprint density at radius 3 is 2.76 bits per heavy atom. The Labute approximate surface area is 146 Å². The fourth-order valence-electron chi connectivity index (χ4n) is 4.48. The first-order chi connectivity index (χ1) is 12.0. The monoisotopic (exact) mass is 352 g/mol. The van der Waals surface area contributed by atoms with Crippen molar-refractivity contribution in [2.75, 3.05) is 13.1 Å². The summed E-state index contributed by atoms with van der Waals surface area (Å²) in [6.07, 6.45) is 6.28. The van der Waals surface area contributed by atoms with Crippen molar-refractivity contribution in [3.05, 3.63) is 18.0 Å². The van der Waals surface area contributed by atoms with E-state index in [4.69, 9.17) is 0 Å². The number of carbonyl (C=O) groups is 1. The summed E-state index contributed by atoms with van der Waals surface area (Å²) < 4.78 is 27.9. The third-order valence-electron chi connectivity index (χ3n) is 5.96. The van der Waals surface area contributed by atoms with Crippen LogP contribution in [-0.2, 0) is 17.9 Å². The van der Waals surface area contributed by atoms with Gasteiger partial charge in [-0.2, -0.15) is 5.10 Å². The van der Waals surface area contributed by atoms with Gasteiger partial charge in [0.15, 0.2) is 0 Å². The van der Waals surface area contributed by atoms with Gasteiger partial charge in [-0.05, 0) is 18.9 Å². The van der Waals surface area contributed by atoms with Crippen molar-refractivity contribution < 1.29 is 13.6 Å².